The summed E-state index contributed by atoms with van der Waals surface area (Å²) >= 11 is 0. The summed E-state index contributed by atoms with van der Waals surface area (Å²) in [5.74, 6) is 0. The SMILES string of the molecule is CC(c1cccc2ccccc12)/[N+]([O-])=C/c1ccccc1. The molecule has 0 N–H and O–H groups in total. The average Bonchev–Trinajstić information content (AvgIpc) is 2.54. The molecular formula is C19H17NO. The molecule has 0 saturated heterocycles. The standard InChI is InChI=1S/C19H17NO/c1-15(20(21)14-16-8-3-2-4-9-16)18-13-7-11-17-10-5-6-12-19(17)18/h2-15H,1H3/b20-14-. The van der Waals surface area contributed by atoms with Crippen LogP contribution < -0.4 is 0 Å². The maximum absolute atomic E-state index is 12.4. The van der Waals surface area contributed by atoms with E-state index in [9.17, 15) is 5.21 Å². The highest BCUT2D eigenvalue weighted by molar-refractivity contribution is 5.86. The summed E-state index contributed by atoms with van der Waals surface area (Å²) < 4.78 is 1.02. The monoisotopic (exact) mass is 275 g/mol. The first-order chi connectivity index (χ1) is 10.3. The highest BCUT2D eigenvalue weighted by Gasteiger charge is 2.15. The normalized spacial score (nSPS) is 13.3. The van der Waals surface area contributed by atoms with Gasteiger partial charge in [-0.15, -0.1) is 0 Å². The molecule has 1 atom stereocenters. The maximum Gasteiger partial charge on any atom is 0.186 e. The number of benzene rings is 3. The molecule has 2 nitrogen and oxygen atoms in total. The van der Waals surface area contributed by atoms with Crippen molar-refractivity contribution in [3.63, 3.8) is 0 Å². The molecule has 104 valence electrons. The van der Waals surface area contributed by atoms with E-state index in [1.54, 1.807) is 6.21 Å². The lowest BCUT2D eigenvalue weighted by Gasteiger charge is -2.15. The van der Waals surface area contributed by atoms with Crippen LogP contribution in [0.4, 0.5) is 0 Å². The molecule has 0 aliphatic carbocycles. The summed E-state index contributed by atoms with van der Waals surface area (Å²) in [5.41, 5.74) is 1.97. The quantitative estimate of drug-likeness (QED) is 0.298. The molecular weight excluding hydrogens is 258 g/mol. The van der Waals surface area contributed by atoms with Crippen LogP contribution in [-0.2, 0) is 0 Å². The zero-order chi connectivity index (χ0) is 14.7. The van der Waals surface area contributed by atoms with Crippen LogP contribution >= 0.6 is 0 Å². The molecule has 3 aromatic rings. The summed E-state index contributed by atoms with van der Waals surface area (Å²) in [4.78, 5) is 0. The molecule has 0 radical (unpaired) electrons. The minimum absolute atomic E-state index is 0.226. The smallest absolute Gasteiger partial charge is 0.186 e. The summed E-state index contributed by atoms with van der Waals surface area (Å²) in [6.07, 6.45) is 1.65. The highest BCUT2D eigenvalue weighted by Crippen LogP contribution is 2.25. The number of hydroxylamine groups is 1. The molecule has 3 rings (SSSR count). The number of nitrogens with zero attached hydrogens (tertiary/aromatic N) is 1. The number of rotatable bonds is 3. The van der Waals surface area contributed by atoms with Gasteiger partial charge in [-0.25, -0.2) is 4.74 Å². The van der Waals surface area contributed by atoms with Gasteiger partial charge in [-0.05, 0) is 22.9 Å². The molecule has 0 aromatic heterocycles. The van der Waals surface area contributed by atoms with Crippen molar-refractivity contribution in [3.05, 3.63) is 89.1 Å². The molecule has 2 heteroatoms. The lowest BCUT2D eigenvalue weighted by Crippen LogP contribution is -2.12. The Hall–Kier alpha value is -2.61. The van der Waals surface area contributed by atoms with Crippen molar-refractivity contribution in [2.75, 3.05) is 0 Å². The van der Waals surface area contributed by atoms with Gasteiger partial charge in [0.1, 0.15) is 0 Å². The predicted octanol–water partition coefficient (Wildman–Crippen LogP) is 4.53. The van der Waals surface area contributed by atoms with E-state index in [0.29, 0.717) is 0 Å². The Labute approximate surface area is 124 Å². The van der Waals surface area contributed by atoms with Gasteiger partial charge in [-0.1, -0.05) is 60.7 Å². The van der Waals surface area contributed by atoms with Crippen LogP contribution in [0.15, 0.2) is 72.8 Å². The van der Waals surface area contributed by atoms with Gasteiger partial charge in [0.2, 0.25) is 0 Å². The Morgan fingerprint density at radius 2 is 1.52 bits per heavy atom. The number of fused-ring (bicyclic) bond motifs is 1. The van der Waals surface area contributed by atoms with Crippen LogP contribution in [0.25, 0.3) is 10.8 Å². The van der Waals surface area contributed by atoms with Crippen molar-refractivity contribution >= 4 is 17.0 Å². The summed E-state index contributed by atoms with van der Waals surface area (Å²) in [6.45, 7) is 1.94. The van der Waals surface area contributed by atoms with E-state index in [1.807, 2.05) is 61.5 Å². The van der Waals surface area contributed by atoms with E-state index in [-0.39, 0.29) is 6.04 Å². The van der Waals surface area contributed by atoms with Gasteiger partial charge in [-0.3, -0.25) is 0 Å². The molecule has 0 aliphatic rings. The first kappa shape index (κ1) is 13.4. The van der Waals surface area contributed by atoms with Gasteiger partial charge in [0, 0.05) is 18.1 Å². The van der Waals surface area contributed by atoms with Gasteiger partial charge in [0.05, 0.1) is 0 Å². The third-order valence-corrected chi connectivity index (χ3v) is 3.73. The average molecular weight is 275 g/mol. The van der Waals surface area contributed by atoms with E-state index in [2.05, 4.69) is 18.2 Å². The van der Waals surface area contributed by atoms with Gasteiger partial charge < -0.3 is 5.21 Å². The van der Waals surface area contributed by atoms with E-state index in [1.165, 1.54) is 0 Å². The van der Waals surface area contributed by atoms with Crippen molar-refractivity contribution in [2.45, 2.75) is 13.0 Å². The third kappa shape index (κ3) is 2.79. The van der Waals surface area contributed by atoms with Gasteiger partial charge in [-0.2, -0.15) is 0 Å². The zero-order valence-corrected chi connectivity index (χ0v) is 11.9. The maximum atomic E-state index is 12.4. The van der Waals surface area contributed by atoms with Crippen molar-refractivity contribution < 1.29 is 4.74 Å². The fraction of sp³-hybridized carbons (Fsp3) is 0.105. The molecule has 0 fully saturated rings. The van der Waals surface area contributed by atoms with E-state index >= 15 is 0 Å². The molecule has 1 unspecified atom stereocenters. The second-order valence-corrected chi connectivity index (χ2v) is 5.14. The predicted molar refractivity (Wildman–Crippen MR) is 87.6 cm³/mol. The van der Waals surface area contributed by atoms with Gasteiger partial charge in [0.15, 0.2) is 12.3 Å². The van der Waals surface area contributed by atoms with Crippen LogP contribution in [0.5, 0.6) is 0 Å². The Morgan fingerprint density at radius 1 is 0.857 bits per heavy atom. The van der Waals surface area contributed by atoms with Crippen LogP contribution in [0, 0.1) is 5.21 Å². The summed E-state index contributed by atoms with van der Waals surface area (Å²) in [6, 6.07) is 23.7. The largest absolute Gasteiger partial charge is 0.623 e. The third-order valence-electron chi connectivity index (χ3n) is 3.73. The van der Waals surface area contributed by atoms with Crippen molar-refractivity contribution in [3.8, 4) is 0 Å². The molecule has 21 heavy (non-hydrogen) atoms. The molecule has 0 bridgehead atoms. The van der Waals surface area contributed by atoms with E-state index in [0.717, 1.165) is 26.6 Å². The highest BCUT2D eigenvalue weighted by atomic mass is 16.5. The fourth-order valence-corrected chi connectivity index (χ4v) is 2.55. The van der Waals surface area contributed by atoms with Crippen molar-refractivity contribution in [1.82, 2.24) is 0 Å². The minimum atomic E-state index is -0.226. The Morgan fingerprint density at radius 3 is 2.33 bits per heavy atom. The van der Waals surface area contributed by atoms with Gasteiger partial charge >= 0.3 is 0 Å². The van der Waals surface area contributed by atoms with Crippen molar-refractivity contribution in [2.24, 2.45) is 0 Å². The second kappa shape index (κ2) is 5.80. The molecule has 0 amide bonds. The Balaban J connectivity index is 2.01. The Kier molecular flexibility index (Phi) is 3.69. The first-order valence-electron chi connectivity index (χ1n) is 7.09. The Bertz CT molecular complexity index is 772. The first-order valence-corrected chi connectivity index (χ1v) is 7.09. The summed E-state index contributed by atoms with van der Waals surface area (Å²) in [5, 5.41) is 14.7. The zero-order valence-electron chi connectivity index (χ0n) is 11.9. The van der Waals surface area contributed by atoms with Crippen LogP contribution in [0.1, 0.15) is 24.1 Å². The van der Waals surface area contributed by atoms with Crippen LogP contribution in [0.2, 0.25) is 0 Å². The fourth-order valence-electron chi connectivity index (χ4n) is 2.55. The van der Waals surface area contributed by atoms with Crippen LogP contribution in [0.3, 0.4) is 0 Å². The number of hydrogen-bond donors (Lipinski definition) is 0. The van der Waals surface area contributed by atoms with E-state index < -0.39 is 0 Å². The molecule has 3 aromatic carbocycles. The second-order valence-electron chi connectivity index (χ2n) is 5.14. The topological polar surface area (TPSA) is 26.1 Å². The van der Waals surface area contributed by atoms with Crippen molar-refractivity contribution in [1.29, 1.82) is 0 Å². The minimum Gasteiger partial charge on any atom is -0.623 e. The number of hydrogen-bond acceptors (Lipinski definition) is 1. The summed E-state index contributed by atoms with van der Waals surface area (Å²) in [7, 11) is 0. The molecule has 0 spiro atoms. The van der Waals surface area contributed by atoms with E-state index in [4.69, 9.17) is 0 Å². The van der Waals surface area contributed by atoms with Gasteiger partial charge in [0.25, 0.3) is 0 Å². The lowest BCUT2D eigenvalue weighted by molar-refractivity contribution is -0.497. The molecule has 0 heterocycles. The molecule has 0 saturated carbocycles. The van der Waals surface area contributed by atoms with Crippen LogP contribution in [-0.4, -0.2) is 11.0 Å². The molecule has 0 aliphatic heterocycles. The lowest BCUT2D eigenvalue weighted by atomic mass is 10.00.